The van der Waals surface area contributed by atoms with Gasteiger partial charge in [-0.15, -0.1) is 0 Å². The van der Waals surface area contributed by atoms with Gasteiger partial charge in [0.1, 0.15) is 17.9 Å². The highest BCUT2D eigenvalue weighted by atomic mass is 35.5. The Labute approximate surface area is 215 Å². The van der Waals surface area contributed by atoms with Gasteiger partial charge in [0, 0.05) is 24.1 Å². The smallest absolute Gasteiger partial charge is 0.223 e. The summed E-state index contributed by atoms with van der Waals surface area (Å²) in [5.41, 5.74) is 8.11. The third-order valence-electron chi connectivity index (χ3n) is 6.39. The summed E-state index contributed by atoms with van der Waals surface area (Å²) >= 11 is 6.64. The van der Waals surface area contributed by atoms with Crippen LogP contribution in [0.5, 0.6) is 5.88 Å². The molecular weight excluding hydrogens is 496 g/mol. The van der Waals surface area contributed by atoms with Gasteiger partial charge in [0.15, 0.2) is 0 Å². The molecule has 0 saturated carbocycles. The molecule has 0 unspecified atom stereocenters. The zero-order chi connectivity index (χ0) is 25.3. The maximum atomic E-state index is 13.6. The van der Waals surface area contributed by atoms with Crippen LogP contribution in [0.4, 0.5) is 11.4 Å². The third-order valence-corrected chi connectivity index (χ3v) is 9.15. The van der Waals surface area contributed by atoms with Crippen LogP contribution in [0.15, 0.2) is 65.2 Å². The molecule has 9 heteroatoms. The highest BCUT2D eigenvalue weighted by Crippen LogP contribution is 2.38. The average Bonchev–Trinajstić information content (AvgIpc) is 3.25. The average molecular weight is 523 g/mol. The number of carbonyl (C=O) groups is 1. The summed E-state index contributed by atoms with van der Waals surface area (Å²) < 4.78 is 25.2. The lowest BCUT2D eigenvalue weighted by Crippen LogP contribution is -2.16. The number of nitrogens with two attached hydrogens (primary N) is 1. The van der Waals surface area contributed by atoms with Crippen molar-refractivity contribution in [3.05, 3.63) is 82.5 Å². The van der Waals surface area contributed by atoms with Crippen molar-refractivity contribution in [2.24, 2.45) is 11.4 Å². The second kappa shape index (κ2) is 9.95. The van der Waals surface area contributed by atoms with Crippen LogP contribution in [0.25, 0.3) is 10.8 Å². The van der Waals surface area contributed by atoms with Crippen molar-refractivity contribution in [3.63, 3.8) is 0 Å². The first kappa shape index (κ1) is 24.3. The molecule has 5 rings (SSSR count). The predicted molar refractivity (Wildman–Crippen MR) is 145 cm³/mol. The minimum Gasteiger partial charge on any atom is -0.472 e. The first-order valence-corrected chi connectivity index (χ1v) is 14.1. The van der Waals surface area contributed by atoms with Crippen LogP contribution in [0.2, 0.25) is 5.02 Å². The Morgan fingerprint density at radius 1 is 1.08 bits per heavy atom. The molecule has 186 valence electrons. The van der Waals surface area contributed by atoms with E-state index >= 15 is 0 Å². The number of anilines is 1. The quantitative estimate of drug-likeness (QED) is 0.251. The van der Waals surface area contributed by atoms with Crippen molar-refractivity contribution in [2.45, 2.75) is 25.9 Å². The minimum atomic E-state index is -2.45. The second-order valence-corrected chi connectivity index (χ2v) is 11.9. The number of aromatic nitrogens is 2. The summed E-state index contributed by atoms with van der Waals surface area (Å²) in [7, 11) is -0.733. The highest BCUT2D eigenvalue weighted by Gasteiger charge is 2.25. The number of benzene rings is 3. The second-order valence-electron chi connectivity index (χ2n) is 8.98. The standard InChI is InChI=1S/C27H27ClN4O3S/c1-32-27(35-17-18-9-10-19-7-3-4-8-20(19)15-18)22(16-30-32)26(33)21-11-12-23(29)25(24(21)28)31-36(34)13-5-2-6-14-36/h3-4,7-12,15-16H,2,5-6,13-14,17,29H2,1H3. The summed E-state index contributed by atoms with van der Waals surface area (Å²) in [5.74, 6) is 0.987. The number of ketones is 1. The van der Waals surface area contributed by atoms with Crippen molar-refractivity contribution in [1.82, 2.24) is 9.78 Å². The van der Waals surface area contributed by atoms with Gasteiger partial charge in [0.25, 0.3) is 0 Å². The van der Waals surface area contributed by atoms with E-state index in [9.17, 15) is 9.00 Å². The number of ether oxygens (including phenoxy) is 1. The monoisotopic (exact) mass is 522 g/mol. The molecule has 0 aliphatic carbocycles. The van der Waals surface area contributed by atoms with Gasteiger partial charge in [0.2, 0.25) is 11.7 Å². The molecule has 7 nitrogen and oxygen atoms in total. The molecule has 1 aromatic heterocycles. The first-order chi connectivity index (χ1) is 17.3. The molecule has 1 fully saturated rings. The minimum absolute atomic E-state index is 0.0950. The SMILES string of the molecule is Cn1ncc(C(=O)c2ccc(N)c(N=S3(=O)CCCCC3)c2Cl)c1OCc1ccc2ccccc2c1. The first-order valence-electron chi connectivity index (χ1n) is 11.8. The van der Waals surface area contributed by atoms with Crippen LogP contribution < -0.4 is 10.5 Å². The van der Waals surface area contributed by atoms with Crippen LogP contribution in [-0.4, -0.2) is 31.3 Å². The van der Waals surface area contributed by atoms with Gasteiger partial charge in [-0.05, 0) is 47.4 Å². The van der Waals surface area contributed by atoms with Crippen molar-refractivity contribution < 1.29 is 13.7 Å². The lowest BCUT2D eigenvalue weighted by Gasteiger charge is -2.17. The van der Waals surface area contributed by atoms with Gasteiger partial charge in [-0.25, -0.2) is 8.89 Å². The molecule has 0 bridgehead atoms. The lowest BCUT2D eigenvalue weighted by molar-refractivity contribution is 0.103. The van der Waals surface area contributed by atoms with Gasteiger partial charge in [0.05, 0.1) is 26.6 Å². The van der Waals surface area contributed by atoms with Crippen molar-refractivity contribution in [2.75, 3.05) is 17.2 Å². The van der Waals surface area contributed by atoms with Crippen LogP contribution in [0, 0.1) is 0 Å². The zero-order valence-electron chi connectivity index (χ0n) is 19.9. The summed E-state index contributed by atoms with van der Waals surface area (Å²) in [6.07, 6.45) is 4.21. The van der Waals surface area contributed by atoms with E-state index in [1.807, 2.05) is 30.3 Å². The number of rotatable bonds is 6. The molecule has 2 heterocycles. The topological polar surface area (TPSA) is 99.6 Å². The molecule has 1 aliphatic heterocycles. The fourth-order valence-corrected chi connectivity index (χ4v) is 6.99. The van der Waals surface area contributed by atoms with Crippen LogP contribution >= 0.6 is 11.6 Å². The Morgan fingerprint density at radius 3 is 2.61 bits per heavy atom. The van der Waals surface area contributed by atoms with Gasteiger partial charge in [-0.2, -0.15) is 9.46 Å². The fraction of sp³-hybridized carbons (Fsp3) is 0.259. The molecule has 0 amide bonds. The Balaban J connectivity index is 1.44. The Kier molecular flexibility index (Phi) is 6.73. The van der Waals surface area contributed by atoms with Crippen LogP contribution in [0.3, 0.4) is 0 Å². The zero-order valence-corrected chi connectivity index (χ0v) is 21.5. The molecule has 2 N–H and O–H groups in total. The van der Waals surface area contributed by atoms with E-state index < -0.39 is 9.73 Å². The number of halogens is 1. The molecular formula is C27H27ClN4O3S. The fourth-order valence-electron chi connectivity index (χ4n) is 4.42. The third kappa shape index (κ3) is 4.83. The molecule has 3 aromatic carbocycles. The van der Waals surface area contributed by atoms with E-state index in [-0.39, 0.29) is 34.2 Å². The van der Waals surface area contributed by atoms with Gasteiger partial charge >= 0.3 is 0 Å². The Hall–Kier alpha value is -3.36. The summed E-state index contributed by atoms with van der Waals surface area (Å²) in [5, 5.41) is 6.59. The molecule has 4 aromatic rings. The maximum Gasteiger partial charge on any atom is 0.223 e. The van der Waals surface area contributed by atoms with E-state index in [0.717, 1.165) is 35.6 Å². The van der Waals surface area contributed by atoms with Crippen molar-refractivity contribution >= 4 is 49.3 Å². The number of carbonyl (C=O) groups excluding carboxylic acids is 1. The summed E-state index contributed by atoms with van der Waals surface area (Å²) in [6, 6.07) is 17.3. The number of fused-ring (bicyclic) bond motifs is 1. The number of aryl methyl sites for hydroxylation is 1. The van der Waals surface area contributed by atoms with Crippen LogP contribution in [-0.2, 0) is 23.4 Å². The van der Waals surface area contributed by atoms with E-state index in [1.54, 1.807) is 19.2 Å². The molecule has 0 radical (unpaired) electrons. The number of hydrogen-bond donors (Lipinski definition) is 1. The number of nitrogens with zero attached hydrogens (tertiary/aromatic N) is 3. The maximum absolute atomic E-state index is 13.6. The van der Waals surface area contributed by atoms with E-state index in [4.69, 9.17) is 22.1 Å². The number of nitrogen functional groups attached to an aromatic ring is 1. The normalized spacial score (nSPS) is 15.1. The summed E-state index contributed by atoms with van der Waals surface area (Å²) in [4.78, 5) is 13.6. The van der Waals surface area contributed by atoms with E-state index in [0.29, 0.717) is 23.1 Å². The predicted octanol–water partition coefficient (Wildman–Crippen LogP) is 5.90. The van der Waals surface area contributed by atoms with Gasteiger partial charge < -0.3 is 10.5 Å². The summed E-state index contributed by atoms with van der Waals surface area (Å²) in [6.45, 7) is 0.267. The molecule has 1 saturated heterocycles. The Bertz CT molecular complexity index is 1580. The molecule has 1 aliphatic rings. The highest BCUT2D eigenvalue weighted by molar-refractivity contribution is 7.93. The van der Waals surface area contributed by atoms with E-state index in [2.05, 4.69) is 21.6 Å². The van der Waals surface area contributed by atoms with Crippen LogP contribution in [0.1, 0.15) is 40.7 Å². The van der Waals surface area contributed by atoms with Crippen molar-refractivity contribution in [3.8, 4) is 5.88 Å². The van der Waals surface area contributed by atoms with E-state index in [1.165, 1.54) is 10.9 Å². The lowest BCUT2D eigenvalue weighted by atomic mass is 10.0. The molecule has 0 atom stereocenters. The van der Waals surface area contributed by atoms with Gasteiger partial charge in [-0.1, -0.05) is 54.4 Å². The largest absolute Gasteiger partial charge is 0.472 e. The molecule has 0 spiro atoms. The van der Waals surface area contributed by atoms with Gasteiger partial charge in [-0.3, -0.25) is 4.79 Å². The molecule has 36 heavy (non-hydrogen) atoms. The Morgan fingerprint density at radius 2 is 1.83 bits per heavy atom. The number of hydrogen-bond acceptors (Lipinski definition) is 6. The van der Waals surface area contributed by atoms with Crippen molar-refractivity contribution in [1.29, 1.82) is 0 Å².